The van der Waals surface area contributed by atoms with E-state index >= 15 is 0 Å². The lowest BCUT2D eigenvalue weighted by Crippen LogP contribution is -2.32. The third-order valence-corrected chi connectivity index (χ3v) is 6.16. The van der Waals surface area contributed by atoms with E-state index in [1.807, 2.05) is 38.1 Å². The van der Waals surface area contributed by atoms with Crippen molar-refractivity contribution >= 4 is 5.91 Å². The van der Waals surface area contributed by atoms with Crippen LogP contribution in [0.25, 0.3) is 11.3 Å². The van der Waals surface area contributed by atoms with E-state index in [9.17, 15) is 15.0 Å². The van der Waals surface area contributed by atoms with Crippen LogP contribution in [-0.2, 0) is 0 Å². The minimum Gasteiger partial charge on any atom is -0.507 e. The topological polar surface area (TPSA) is 108 Å². The molecule has 0 aliphatic carbocycles. The molecule has 8 nitrogen and oxygen atoms in total. The average Bonchev–Trinajstić information content (AvgIpc) is 3.33. The number of aromatic nitrogens is 2. The fourth-order valence-corrected chi connectivity index (χ4v) is 4.63. The SMILES string of the molecule is CCCCOc1ccc(C2c3c(-c4c(C)cc(C)cc4O)n[nH]c3C(=O)N2CCO)cc1OC. The normalized spacial score (nSPS) is 15.0. The van der Waals surface area contributed by atoms with Crippen molar-refractivity contribution in [2.75, 3.05) is 26.9 Å². The molecular weight excluding hydrogens is 434 g/mol. The van der Waals surface area contributed by atoms with Gasteiger partial charge in [0.05, 0.1) is 26.4 Å². The monoisotopic (exact) mass is 465 g/mol. The number of carbonyl (C=O) groups is 1. The molecule has 0 saturated carbocycles. The van der Waals surface area contributed by atoms with Crippen molar-refractivity contribution < 1.29 is 24.5 Å². The molecular formula is C26H31N3O5. The number of hydrogen-bond donors (Lipinski definition) is 3. The van der Waals surface area contributed by atoms with Crippen LogP contribution < -0.4 is 9.47 Å². The second kappa shape index (κ2) is 9.77. The van der Waals surface area contributed by atoms with Gasteiger partial charge in [-0.1, -0.05) is 25.5 Å². The first kappa shape index (κ1) is 23.6. The molecule has 0 saturated heterocycles. The number of ether oxygens (including phenoxy) is 2. The van der Waals surface area contributed by atoms with E-state index in [0.29, 0.717) is 40.6 Å². The number of aryl methyl sites for hydroxylation is 2. The number of phenolic OH excluding ortho intramolecular Hbond substituents is 1. The van der Waals surface area contributed by atoms with Gasteiger partial charge < -0.3 is 24.6 Å². The number of benzene rings is 2. The Morgan fingerprint density at radius 2 is 1.97 bits per heavy atom. The van der Waals surface area contributed by atoms with Gasteiger partial charge in [-0.05, 0) is 55.2 Å². The summed E-state index contributed by atoms with van der Waals surface area (Å²) in [6.45, 7) is 6.49. The molecule has 1 aromatic heterocycles. The predicted molar refractivity (Wildman–Crippen MR) is 129 cm³/mol. The number of amides is 1. The molecule has 3 aromatic rings. The van der Waals surface area contributed by atoms with Crippen LogP contribution in [0, 0.1) is 13.8 Å². The lowest BCUT2D eigenvalue weighted by Gasteiger charge is -2.26. The van der Waals surface area contributed by atoms with Crippen LogP contribution in [-0.4, -0.2) is 58.1 Å². The quantitative estimate of drug-likeness (QED) is 0.410. The minimum absolute atomic E-state index is 0.107. The Morgan fingerprint density at radius 3 is 2.65 bits per heavy atom. The molecule has 34 heavy (non-hydrogen) atoms. The van der Waals surface area contributed by atoms with Crippen LogP contribution in [0.15, 0.2) is 30.3 Å². The number of unbranched alkanes of at least 4 members (excludes halogenated alkanes) is 1. The summed E-state index contributed by atoms with van der Waals surface area (Å²) in [4.78, 5) is 14.9. The second-order valence-electron chi connectivity index (χ2n) is 8.57. The van der Waals surface area contributed by atoms with Crippen LogP contribution >= 0.6 is 0 Å². The number of methoxy groups -OCH3 is 1. The third-order valence-electron chi connectivity index (χ3n) is 6.16. The number of nitrogens with one attached hydrogen (secondary N) is 1. The molecule has 0 fully saturated rings. The zero-order valence-corrected chi connectivity index (χ0v) is 20.0. The molecule has 1 amide bonds. The molecule has 2 aromatic carbocycles. The number of fused-ring (bicyclic) bond motifs is 1. The van der Waals surface area contributed by atoms with Crippen LogP contribution in [0.3, 0.4) is 0 Å². The first-order valence-corrected chi connectivity index (χ1v) is 11.5. The molecule has 2 heterocycles. The van der Waals surface area contributed by atoms with Gasteiger partial charge in [-0.2, -0.15) is 5.10 Å². The van der Waals surface area contributed by atoms with Crippen molar-refractivity contribution in [2.24, 2.45) is 0 Å². The Hall–Kier alpha value is -3.52. The standard InChI is InChI=1S/C26H31N3O5/c1-5-6-11-34-19-8-7-17(14-20(19)33-4)25-22-23(21-16(3)12-15(2)13-18(21)31)27-28-24(22)26(32)29(25)9-10-30/h7-8,12-14,25,30-31H,5-6,9-11H2,1-4H3,(H,27,28). The number of rotatable bonds is 9. The molecule has 0 spiro atoms. The van der Waals surface area contributed by atoms with E-state index in [1.165, 1.54) is 0 Å². The highest BCUT2D eigenvalue weighted by Crippen LogP contribution is 2.46. The zero-order valence-electron chi connectivity index (χ0n) is 20.0. The van der Waals surface area contributed by atoms with Gasteiger partial charge in [0.2, 0.25) is 0 Å². The Balaban J connectivity index is 1.84. The number of aliphatic hydroxyl groups excluding tert-OH is 1. The van der Waals surface area contributed by atoms with Gasteiger partial charge >= 0.3 is 0 Å². The molecule has 1 aliphatic rings. The number of H-pyrrole nitrogens is 1. The van der Waals surface area contributed by atoms with Crippen molar-refractivity contribution in [1.29, 1.82) is 0 Å². The lowest BCUT2D eigenvalue weighted by molar-refractivity contribution is 0.0706. The first-order valence-electron chi connectivity index (χ1n) is 11.5. The summed E-state index contributed by atoms with van der Waals surface area (Å²) in [7, 11) is 1.58. The molecule has 8 heteroatoms. The Morgan fingerprint density at radius 1 is 1.18 bits per heavy atom. The summed E-state index contributed by atoms with van der Waals surface area (Å²) in [5, 5.41) is 27.8. The molecule has 0 radical (unpaired) electrons. The van der Waals surface area contributed by atoms with Gasteiger partial charge in [-0.25, -0.2) is 0 Å². The second-order valence-corrected chi connectivity index (χ2v) is 8.57. The van der Waals surface area contributed by atoms with Crippen LogP contribution in [0.2, 0.25) is 0 Å². The lowest BCUT2D eigenvalue weighted by atomic mass is 9.93. The number of carbonyl (C=O) groups excluding carboxylic acids is 1. The fraction of sp³-hybridized carbons (Fsp3) is 0.385. The van der Waals surface area contributed by atoms with Gasteiger partial charge in [0.1, 0.15) is 17.1 Å². The molecule has 1 atom stereocenters. The van der Waals surface area contributed by atoms with Crippen LogP contribution in [0.1, 0.15) is 58.5 Å². The highest BCUT2D eigenvalue weighted by Gasteiger charge is 2.42. The number of aromatic amines is 1. The molecule has 0 bridgehead atoms. The smallest absolute Gasteiger partial charge is 0.273 e. The summed E-state index contributed by atoms with van der Waals surface area (Å²) < 4.78 is 11.5. The summed E-state index contributed by atoms with van der Waals surface area (Å²) in [6, 6.07) is 8.75. The van der Waals surface area contributed by atoms with E-state index in [4.69, 9.17) is 9.47 Å². The Kier molecular flexibility index (Phi) is 6.79. The molecule has 1 unspecified atom stereocenters. The van der Waals surface area contributed by atoms with E-state index in [2.05, 4.69) is 17.1 Å². The van der Waals surface area contributed by atoms with E-state index < -0.39 is 6.04 Å². The van der Waals surface area contributed by atoms with Gasteiger partial charge in [0, 0.05) is 17.7 Å². The fourth-order valence-electron chi connectivity index (χ4n) is 4.63. The van der Waals surface area contributed by atoms with Crippen molar-refractivity contribution in [3.05, 3.63) is 58.3 Å². The summed E-state index contributed by atoms with van der Waals surface area (Å²) in [6.07, 6.45) is 1.96. The molecule has 3 N–H and O–H groups in total. The zero-order chi connectivity index (χ0) is 24.4. The summed E-state index contributed by atoms with van der Waals surface area (Å²) in [5.41, 5.74) is 4.72. The average molecular weight is 466 g/mol. The van der Waals surface area contributed by atoms with E-state index in [1.54, 1.807) is 18.1 Å². The van der Waals surface area contributed by atoms with Crippen LogP contribution in [0.4, 0.5) is 0 Å². The molecule has 1 aliphatic heterocycles. The van der Waals surface area contributed by atoms with Crippen molar-refractivity contribution in [1.82, 2.24) is 15.1 Å². The number of nitrogens with zero attached hydrogens (tertiary/aromatic N) is 2. The Labute approximate surface area is 199 Å². The number of hydrogen-bond acceptors (Lipinski definition) is 6. The maximum absolute atomic E-state index is 13.3. The predicted octanol–water partition coefficient (Wildman–Crippen LogP) is 4.12. The largest absolute Gasteiger partial charge is 0.507 e. The van der Waals surface area contributed by atoms with Gasteiger partial charge in [0.15, 0.2) is 11.5 Å². The van der Waals surface area contributed by atoms with Gasteiger partial charge in [0.25, 0.3) is 5.91 Å². The van der Waals surface area contributed by atoms with Gasteiger partial charge in [-0.15, -0.1) is 0 Å². The number of aromatic hydroxyl groups is 1. The van der Waals surface area contributed by atoms with E-state index in [0.717, 1.165) is 29.5 Å². The summed E-state index contributed by atoms with van der Waals surface area (Å²) >= 11 is 0. The Bertz CT molecular complexity index is 1180. The maximum atomic E-state index is 13.3. The van der Waals surface area contributed by atoms with E-state index in [-0.39, 0.29) is 24.8 Å². The first-order chi connectivity index (χ1) is 16.4. The third kappa shape index (κ3) is 4.09. The number of β-amino-alcohol motifs (C(OH)–C–C–N with tert-alkyl or cyclic N) is 1. The highest BCUT2D eigenvalue weighted by atomic mass is 16.5. The number of phenols is 1. The molecule has 180 valence electrons. The maximum Gasteiger partial charge on any atom is 0.273 e. The summed E-state index contributed by atoms with van der Waals surface area (Å²) in [5.74, 6) is 1.06. The van der Waals surface area contributed by atoms with Crippen molar-refractivity contribution in [2.45, 2.75) is 39.7 Å². The van der Waals surface area contributed by atoms with Crippen molar-refractivity contribution in [3.8, 4) is 28.5 Å². The van der Waals surface area contributed by atoms with Crippen molar-refractivity contribution in [3.63, 3.8) is 0 Å². The molecule has 4 rings (SSSR count). The van der Waals surface area contributed by atoms with Gasteiger partial charge in [-0.3, -0.25) is 9.89 Å². The van der Waals surface area contributed by atoms with Crippen LogP contribution in [0.5, 0.6) is 17.2 Å². The highest BCUT2D eigenvalue weighted by molar-refractivity contribution is 6.00. The number of aliphatic hydroxyl groups is 1. The minimum atomic E-state index is -0.512.